The Morgan fingerprint density at radius 2 is 2.29 bits per heavy atom. The number of carbonyl (C=O) groups excluding carboxylic acids is 1. The molecule has 1 aromatic rings. The van der Waals surface area contributed by atoms with Gasteiger partial charge in [-0.25, -0.2) is 0 Å². The third-order valence-electron chi connectivity index (χ3n) is 4.34. The number of benzene rings is 1. The van der Waals surface area contributed by atoms with Crippen LogP contribution in [0.15, 0.2) is 18.2 Å². The van der Waals surface area contributed by atoms with Gasteiger partial charge in [0.1, 0.15) is 11.8 Å². The van der Waals surface area contributed by atoms with Crippen LogP contribution in [0, 0.1) is 0 Å². The van der Waals surface area contributed by atoms with Gasteiger partial charge in [0.2, 0.25) is 5.91 Å². The molecule has 1 aromatic carbocycles. The number of amides is 1. The highest BCUT2D eigenvalue weighted by atomic mass is 16.5. The second-order valence-electron chi connectivity index (χ2n) is 5.50. The number of rotatable bonds is 4. The van der Waals surface area contributed by atoms with Gasteiger partial charge in [-0.05, 0) is 30.2 Å². The minimum atomic E-state index is -0.223. The summed E-state index contributed by atoms with van der Waals surface area (Å²) in [7, 11) is 3.60. The summed E-state index contributed by atoms with van der Waals surface area (Å²) in [5.74, 6) is 0.921. The number of aliphatic hydroxyl groups is 1. The van der Waals surface area contributed by atoms with Crippen LogP contribution in [-0.4, -0.2) is 55.9 Å². The summed E-state index contributed by atoms with van der Waals surface area (Å²) in [5.41, 5.74) is 2.17. The summed E-state index contributed by atoms with van der Waals surface area (Å²) in [6.07, 6.45) is 0.606. The van der Waals surface area contributed by atoms with E-state index in [-0.39, 0.29) is 24.6 Å². The molecular formula is C15H21N3O3. The van der Waals surface area contributed by atoms with E-state index in [1.807, 2.05) is 30.1 Å². The van der Waals surface area contributed by atoms with Crippen molar-refractivity contribution in [2.75, 3.05) is 38.9 Å². The van der Waals surface area contributed by atoms with Gasteiger partial charge in [-0.15, -0.1) is 0 Å². The topological polar surface area (TPSA) is 65.0 Å². The zero-order valence-corrected chi connectivity index (χ0v) is 12.4. The number of nitrogens with one attached hydrogen (secondary N) is 1. The van der Waals surface area contributed by atoms with E-state index in [0.717, 1.165) is 17.0 Å². The highest BCUT2D eigenvalue weighted by Gasteiger charge is 2.45. The molecule has 0 spiro atoms. The number of hydrogen-bond donors (Lipinski definition) is 2. The molecule has 1 saturated heterocycles. The first-order valence-corrected chi connectivity index (χ1v) is 7.21. The van der Waals surface area contributed by atoms with Gasteiger partial charge < -0.3 is 19.6 Å². The van der Waals surface area contributed by atoms with E-state index in [9.17, 15) is 4.79 Å². The number of anilines is 1. The van der Waals surface area contributed by atoms with Gasteiger partial charge in [-0.3, -0.25) is 10.1 Å². The summed E-state index contributed by atoms with van der Waals surface area (Å²) in [6.45, 7) is 1.20. The SMILES string of the molecule is COc1ccc2c(c1)C1NCN(CCCO)C(=O)C1N2C. The van der Waals surface area contributed by atoms with Crippen molar-refractivity contribution in [3.63, 3.8) is 0 Å². The molecule has 6 heteroatoms. The Bertz CT molecular complexity index is 549. The molecular weight excluding hydrogens is 270 g/mol. The van der Waals surface area contributed by atoms with Gasteiger partial charge in [-0.2, -0.15) is 0 Å². The largest absolute Gasteiger partial charge is 0.497 e. The molecule has 0 aliphatic carbocycles. The van der Waals surface area contributed by atoms with Crippen molar-refractivity contribution in [3.8, 4) is 5.75 Å². The number of nitrogens with zero attached hydrogens (tertiary/aromatic N) is 2. The lowest BCUT2D eigenvalue weighted by atomic mass is 10.0. The molecule has 1 amide bonds. The Labute approximate surface area is 124 Å². The molecule has 2 aliphatic rings. The number of ether oxygens (including phenoxy) is 1. The monoisotopic (exact) mass is 291 g/mol. The molecule has 0 radical (unpaired) electrons. The van der Waals surface area contributed by atoms with Gasteiger partial charge in [0, 0.05) is 25.9 Å². The Hall–Kier alpha value is -1.79. The van der Waals surface area contributed by atoms with E-state index < -0.39 is 0 Å². The Balaban J connectivity index is 1.87. The van der Waals surface area contributed by atoms with Gasteiger partial charge in [0.05, 0.1) is 19.8 Å². The molecule has 2 N–H and O–H groups in total. The van der Waals surface area contributed by atoms with Crippen LogP contribution in [0.2, 0.25) is 0 Å². The van der Waals surface area contributed by atoms with Crippen LogP contribution < -0.4 is 15.0 Å². The Morgan fingerprint density at radius 1 is 1.48 bits per heavy atom. The van der Waals surface area contributed by atoms with Crippen molar-refractivity contribution in [2.45, 2.75) is 18.5 Å². The van der Waals surface area contributed by atoms with Gasteiger partial charge in [0.25, 0.3) is 0 Å². The molecule has 0 aromatic heterocycles. The third kappa shape index (κ3) is 2.24. The fourth-order valence-corrected chi connectivity index (χ4v) is 3.23. The number of likely N-dealkylation sites (N-methyl/N-ethyl adjacent to an activating group) is 1. The van der Waals surface area contributed by atoms with Gasteiger partial charge in [-0.1, -0.05) is 0 Å². The van der Waals surface area contributed by atoms with Gasteiger partial charge in [0.15, 0.2) is 0 Å². The molecule has 2 aliphatic heterocycles. The average Bonchev–Trinajstić information content (AvgIpc) is 2.79. The van der Waals surface area contributed by atoms with Crippen LogP contribution in [0.1, 0.15) is 18.0 Å². The fourth-order valence-electron chi connectivity index (χ4n) is 3.23. The van der Waals surface area contributed by atoms with E-state index in [4.69, 9.17) is 9.84 Å². The minimum Gasteiger partial charge on any atom is -0.497 e. The van der Waals surface area contributed by atoms with E-state index in [1.165, 1.54) is 0 Å². The van der Waals surface area contributed by atoms with Crippen LogP contribution in [0.5, 0.6) is 5.75 Å². The van der Waals surface area contributed by atoms with E-state index in [2.05, 4.69) is 5.32 Å². The molecule has 2 atom stereocenters. The second-order valence-corrected chi connectivity index (χ2v) is 5.50. The van der Waals surface area contributed by atoms with Crippen LogP contribution in [0.25, 0.3) is 0 Å². The number of fused-ring (bicyclic) bond motifs is 3. The van der Waals surface area contributed by atoms with Crippen molar-refractivity contribution < 1.29 is 14.6 Å². The van der Waals surface area contributed by atoms with Crippen molar-refractivity contribution in [1.29, 1.82) is 0 Å². The second kappa shape index (κ2) is 5.54. The lowest BCUT2D eigenvalue weighted by Crippen LogP contribution is -2.58. The minimum absolute atomic E-state index is 0.00187. The fraction of sp³-hybridized carbons (Fsp3) is 0.533. The first-order valence-electron chi connectivity index (χ1n) is 7.21. The Kier molecular flexibility index (Phi) is 3.73. The third-order valence-corrected chi connectivity index (χ3v) is 4.34. The summed E-state index contributed by atoms with van der Waals surface area (Å²) >= 11 is 0. The summed E-state index contributed by atoms with van der Waals surface area (Å²) in [5, 5.41) is 12.4. The van der Waals surface area contributed by atoms with Crippen LogP contribution in [0.4, 0.5) is 5.69 Å². The standard InChI is InChI=1S/C15H21N3O3/c1-17-12-5-4-10(21-2)8-11(12)13-14(17)15(20)18(9-16-13)6-3-7-19/h4-5,8,13-14,16,19H,3,6-7,9H2,1-2H3. The highest BCUT2D eigenvalue weighted by molar-refractivity contribution is 5.90. The molecule has 21 heavy (non-hydrogen) atoms. The van der Waals surface area contributed by atoms with Gasteiger partial charge >= 0.3 is 0 Å². The average molecular weight is 291 g/mol. The first-order chi connectivity index (χ1) is 10.2. The molecule has 114 valence electrons. The molecule has 6 nitrogen and oxygen atoms in total. The molecule has 1 fully saturated rings. The van der Waals surface area contributed by atoms with E-state index in [1.54, 1.807) is 12.0 Å². The zero-order chi connectivity index (χ0) is 15.0. The smallest absolute Gasteiger partial charge is 0.248 e. The maximum atomic E-state index is 12.7. The van der Waals surface area contributed by atoms with Crippen molar-refractivity contribution in [2.24, 2.45) is 0 Å². The molecule has 3 rings (SSSR count). The van der Waals surface area contributed by atoms with Crippen molar-refractivity contribution in [1.82, 2.24) is 10.2 Å². The lowest BCUT2D eigenvalue weighted by Gasteiger charge is -2.38. The summed E-state index contributed by atoms with van der Waals surface area (Å²) < 4.78 is 5.29. The number of carbonyl (C=O) groups is 1. The zero-order valence-electron chi connectivity index (χ0n) is 12.4. The number of aliphatic hydroxyl groups excluding tert-OH is 1. The van der Waals surface area contributed by atoms with Crippen LogP contribution in [0.3, 0.4) is 0 Å². The maximum Gasteiger partial charge on any atom is 0.248 e. The predicted molar refractivity (Wildman–Crippen MR) is 79.3 cm³/mol. The molecule has 2 unspecified atom stereocenters. The van der Waals surface area contributed by atoms with Crippen molar-refractivity contribution in [3.05, 3.63) is 23.8 Å². The molecule has 0 saturated carbocycles. The van der Waals surface area contributed by atoms with Crippen LogP contribution >= 0.6 is 0 Å². The normalized spacial score (nSPS) is 24.0. The lowest BCUT2D eigenvalue weighted by molar-refractivity contribution is -0.136. The van der Waals surface area contributed by atoms with Crippen molar-refractivity contribution >= 4 is 11.6 Å². The summed E-state index contributed by atoms with van der Waals surface area (Å²) in [4.78, 5) is 16.5. The molecule has 0 bridgehead atoms. The number of hydrogen-bond acceptors (Lipinski definition) is 5. The Morgan fingerprint density at radius 3 is 3.00 bits per heavy atom. The van der Waals surface area contributed by atoms with E-state index in [0.29, 0.717) is 19.6 Å². The molecule has 2 heterocycles. The summed E-state index contributed by atoms with van der Waals surface area (Å²) in [6, 6.07) is 5.69. The number of methoxy groups -OCH3 is 1. The highest BCUT2D eigenvalue weighted by Crippen LogP contribution is 2.42. The maximum absolute atomic E-state index is 12.7. The van der Waals surface area contributed by atoms with E-state index >= 15 is 0 Å². The van der Waals surface area contributed by atoms with Crippen LogP contribution in [-0.2, 0) is 4.79 Å². The quantitative estimate of drug-likeness (QED) is 0.837. The predicted octanol–water partition coefficient (Wildman–Crippen LogP) is 0.326. The first kappa shape index (κ1) is 14.2.